The summed E-state index contributed by atoms with van der Waals surface area (Å²) in [4.78, 5) is 15.0. The second-order valence-electron chi connectivity index (χ2n) is 8.19. The number of aromatic nitrogens is 1. The molecule has 1 amide bonds. The van der Waals surface area contributed by atoms with Crippen LogP contribution in [0.15, 0.2) is 48.7 Å². The monoisotopic (exact) mass is 408 g/mol. The maximum atomic E-state index is 13.1. The van der Waals surface area contributed by atoms with E-state index in [2.05, 4.69) is 50.6 Å². The third kappa shape index (κ3) is 4.61. The quantitative estimate of drug-likeness (QED) is 0.533. The van der Waals surface area contributed by atoms with Crippen LogP contribution in [0.4, 0.5) is 0 Å². The molecule has 0 unspecified atom stereocenters. The molecular formula is C25H32N2O3. The summed E-state index contributed by atoms with van der Waals surface area (Å²) in [6.07, 6.45) is 2.50. The van der Waals surface area contributed by atoms with Gasteiger partial charge in [-0.1, -0.05) is 18.2 Å². The Morgan fingerprint density at radius 2 is 1.57 bits per heavy atom. The minimum Gasteiger partial charge on any atom is -0.497 e. The lowest BCUT2D eigenvalue weighted by atomic mass is 10.1. The van der Waals surface area contributed by atoms with E-state index in [4.69, 9.17) is 9.47 Å². The number of rotatable bonds is 8. The number of hydrogen-bond donors (Lipinski definition) is 0. The van der Waals surface area contributed by atoms with Crippen LogP contribution in [-0.2, 0) is 17.8 Å². The Kier molecular flexibility index (Phi) is 6.70. The molecule has 0 aliphatic rings. The number of benzene rings is 2. The number of amides is 1. The van der Waals surface area contributed by atoms with Gasteiger partial charge < -0.3 is 18.9 Å². The number of ether oxygens (including phenoxy) is 2. The fraction of sp³-hybridized carbons (Fsp3) is 0.400. The van der Waals surface area contributed by atoms with E-state index in [9.17, 15) is 4.79 Å². The predicted octanol–water partition coefficient (Wildman–Crippen LogP) is 4.89. The van der Waals surface area contributed by atoms with Gasteiger partial charge in [0.05, 0.1) is 20.6 Å². The first-order chi connectivity index (χ1) is 14.3. The first-order valence-corrected chi connectivity index (χ1v) is 10.4. The average Bonchev–Trinajstić information content (AvgIpc) is 3.04. The van der Waals surface area contributed by atoms with Gasteiger partial charge in [0.25, 0.3) is 0 Å². The standard InChI is InChI=1S/C25H32N2O3/c1-17(2)27(18(3)4)25(28)13-20-16-26(24-10-8-7-9-23(20)24)15-19-11-21(29-5)14-22(12-19)30-6/h7-12,14,16-18H,13,15H2,1-6H3. The Bertz CT molecular complexity index is 990. The molecule has 3 rings (SSSR count). The molecule has 0 N–H and O–H groups in total. The molecule has 0 aliphatic carbocycles. The summed E-state index contributed by atoms with van der Waals surface area (Å²) in [6.45, 7) is 8.93. The minimum absolute atomic E-state index is 0.158. The van der Waals surface area contributed by atoms with Crippen molar-refractivity contribution in [1.29, 1.82) is 0 Å². The van der Waals surface area contributed by atoms with Gasteiger partial charge in [0.1, 0.15) is 11.5 Å². The van der Waals surface area contributed by atoms with Crippen molar-refractivity contribution in [3.63, 3.8) is 0 Å². The van der Waals surface area contributed by atoms with E-state index < -0.39 is 0 Å². The normalized spacial score (nSPS) is 11.3. The fourth-order valence-corrected chi connectivity index (χ4v) is 4.18. The summed E-state index contributed by atoms with van der Waals surface area (Å²) in [7, 11) is 3.31. The third-order valence-corrected chi connectivity index (χ3v) is 5.38. The minimum atomic E-state index is 0.158. The Morgan fingerprint density at radius 3 is 2.13 bits per heavy atom. The number of hydrogen-bond acceptors (Lipinski definition) is 3. The zero-order valence-electron chi connectivity index (χ0n) is 18.8. The summed E-state index contributed by atoms with van der Waals surface area (Å²) in [5, 5.41) is 1.12. The van der Waals surface area contributed by atoms with E-state index in [1.807, 2.05) is 35.2 Å². The van der Waals surface area contributed by atoms with Crippen LogP contribution in [0.2, 0.25) is 0 Å². The maximum absolute atomic E-state index is 13.1. The van der Waals surface area contributed by atoms with Crippen LogP contribution in [0.3, 0.4) is 0 Å². The van der Waals surface area contributed by atoms with Crippen molar-refractivity contribution < 1.29 is 14.3 Å². The summed E-state index contributed by atoms with van der Waals surface area (Å²) in [5.74, 6) is 1.69. The molecule has 0 atom stereocenters. The molecule has 5 heteroatoms. The number of methoxy groups -OCH3 is 2. The largest absolute Gasteiger partial charge is 0.497 e. The molecule has 0 radical (unpaired) electrons. The smallest absolute Gasteiger partial charge is 0.227 e. The molecule has 0 fully saturated rings. The lowest BCUT2D eigenvalue weighted by Gasteiger charge is -2.30. The van der Waals surface area contributed by atoms with Crippen LogP contribution in [0.5, 0.6) is 11.5 Å². The van der Waals surface area contributed by atoms with Crippen molar-refractivity contribution in [2.24, 2.45) is 0 Å². The van der Waals surface area contributed by atoms with Crippen molar-refractivity contribution in [1.82, 2.24) is 9.47 Å². The lowest BCUT2D eigenvalue weighted by molar-refractivity contribution is -0.134. The number of carbonyl (C=O) groups excluding carboxylic acids is 1. The van der Waals surface area contributed by atoms with Crippen molar-refractivity contribution in [3.8, 4) is 11.5 Å². The molecular weight excluding hydrogens is 376 g/mol. The predicted molar refractivity (Wildman–Crippen MR) is 121 cm³/mol. The molecule has 1 aromatic heterocycles. The molecule has 160 valence electrons. The van der Waals surface area contributed by atoms with E-state index >= 15 is 0 Å². The Labute approximate surface area is 179 Å². The molecule has 5 nitrogen and oxygen atoms in total. The van der Waals surface area contributed by atoms with E-state index in [1.165, 1.54) is 0 Å². The second kappa shape index (κ2) is 9.24. The summed E-state index contributed by atoms with van der Waals surface area (Å²) < 4.78 is 13.0. The van der Waals surface area contributed by atoms with Gasteiger partial charge >= 0.3 is 0 Å². The van der Waals surface area contributed by atoms with E-state index in [0.717, 1.165) is 33.5 Å². The molecule has 0 bridgehead atoms. The first-order valence-electron chi connectivity index (χ1n) is 10.4. The van der Waals surface area contributed by atoms with Gasteiger partial charge in [-0.05, 0) is 57.0 Å². The fourth-order valence-electron chi connectivity index (χ4n) is 4.18. The van der Waals surface area contributed by atoms with Crippen molar-refractivity contribution in [3.05, 3.63) is 59.8 Å². The Morgan fingerprint density at radius 1 is 0.967 bits per heavy atom. The van der Waals surface area contributed by atoms with Crippen LogP contribution in [0, 0.1) is 0 Å². The summed E-state index contributed by atoms with van der Waals surface area (Å²) in [6, 6.07) is 14.5. The van der Waals surface area contributed by atoms with Crippen LogP contribution in [-0.4, -0.2) is 41.7 Å². The van der Waals surface area contributed by atoms with Crippen molar-refractivity contribution in [2.45, 2.75) is 52.7 Å². The van der Waals surface area contributed by atoms with Gasteiger partial charge in [-0.25, -0.2) is 0 Å². The van der Waals surface area contributed by atoms with Gasteiger partial charge in [0.15, 0.2) is 0 Å². The SMILES string of the molecule is COc1cc(Cn2cc(CC(=O)N(C(C)C)C(C)C)c3ccccc32)cc(OC)c1. The topological polar surface area (TPSA) is 43.7 Å². The number of nitrogens with zero attached hydrogens (tertiary/aromatic N) is 2. The molecule has 2 aromatic carbocycles. The average molecular weight is 409 g/mol. The van der Waals surface area contributed by atoms with Crippen LogP contribution >= 0.6 is 0 Å². The van der Waals surface area contributed by atoms with Gasteiger partial charge in [-0.2, -0.15) is 0 Å². The Hall–Kier alpha value is -2.95. The molecule has 3 aromatic rings. The van der Waals surface area contributed by atoms with Gasteiger partial charge in [-0.3, -0.25) is 4.79 Å². The Balaban J connectivity index is 1.96. The summed E-state index contributed by atoms with van der Waals surface area (Å²) in [5.41, 5.74) is 3.25. The second-order valence-corrected chi connectivity index (χ2v) is 8.19. The van der Waals surface area contributed by atoms with E-state index in [-0.39, 0.29) is 18.0 Å². The third-order valence-electron chi connectivity index (χ3n) is 5.38. The zero-order chi connectivity index (χ0) is 21.8. The van der Waals surface area contributed by atoms with Gasteiger partial charge in [0, 0.05) is 41.8 Å². The zero-order valence-corrected chi connectivity index (χ0v) is 18.8. The van der Waals surface area contributed by atoms with E-state index in [0.29, 0.717) is 13.0 Å². The highest BCUT2D eigenvalue weighted by atomic mass is 16.5. The molecule has 0 spiro atoms. The maximum Gasteiger partial charge on any atom is 0.227 e. The summed E-state index contributed by atoms with van der Waals surface area (Å²) >= 11 is 0. The number of carbonyl (C=O) groups is 1. The molecule has 0 saturated carbocycles. The molecule has 1 heterocycles. The van der Waals surface area contributed by atoms with Crippen LogP contribution in [0.1, 0.15) is 38.8 Å². The lowest BCUT2D eigenvalue weighted by Crippen LogP contribution is -2.42. The highest BCUT2D eigenvalue weighted by molar-refractivity contribution is 5.89. The molecule has 0 saturated heterocycles. The van der Waals surface area contributed by atoms with Crippen LogP contribution < -0.4 is 9.47 Å². The highest BCUT2D eigenvalue weighted by Gasteiger charge is 2.22. The van der Waals surface area contributed by atoms with Gasteiger partial charge in [0.2, 0.25) is 5.91 Å². The first kappa shape index (κ1) is 21.8. The van der Waals surface area contributed by atoms with Gasteiger partial charge in [-0.15, -0.1) is 0 Å². The van der Waals surface area contributed by atoms with Crippen molar-refractivity contribution in [2.75, 3.05) is 14.2 Å². The van der Waals surface area contributed by atoms with E-state index in [1.54, 1.807) is 14.2 Å². The van der Waals surface area contributed by atoms with Crippen LogP contribution in [0.25, 0.3) is 10.9 Å². The van der Waals surface area contributed by atoms with Crippen molar-refractivity contribution >= 4 is 16.8 Å². The molecule has 30 heavy (non-hydrogen) atoms. The molecule has 0 aliphatic heterocycles. The highest BCUT2D eigenvalue weighted by Crippen LogP contribution is 2.27. The number of para-hydroxylation sites is 1. The number of fused-ring (bicyclic) bond motifs is 1.